The molecule has 2 heterocycles. The van der Waals surface area contributed by atoms with Gasteiger partial charge in [-0.3, -0.25) is 4.79 Å². The fourth-order valence-electron chi connectivity index (χ4n) is 3.59. The Labute approximate surface area is 200 Å². The van der Waals surface area contributed by atoms with Gasteiger partial charge in [-0.25, -0.2) is 18.7 Å². The Hall–Kier alpha value is -4.51. The Morgan fingerprint density at radius 1 is 1.14 bits per heavy atom. The van der Waals surface area contributed by atoms with E-state index in [-0.39, 0.29) is 24.1 Å². The summed E-state index contributed by atoms with van der Waals surface area (Å²) in [4.78, 5) is 29.2. The van der Waals surface area contributed by atoms with E-state index in [4.69, 9.17) is 10.5 Å². The van der Waals surface area contributed by atoms with Crippen molar-refractivity contribution < 1.29 is 18.7 Å². The summed E-state index contributed by atoms with van der Waals surface area (Å²) in [5, 5.41) is 12.4. The molecule has 4 aromatic rings. The first kappa shape index (κ1) is 23.6. The normalized spacial score (nSPS) is 10.8. The smallest absolute Gasteiger partial charge is 0.319 e. The monoisotopic (exact) mass is 477 g/mol. The van der Waals surface area contributed by atoms with Gasteiger partial charge in [-0.15, -0.1) is 0 Å². The molecule has 0 radical (unpaired) electrons. The number of hydrogen-bond acceptors (Lipinski definition) is 6. The third-order valence-corrected chi connectivity index (χ3v) is 5.21. The van der Waals surface area contributed by atoms with Crippen LogP contribution in [-0.4, -0.2) is 46.8 Å². The number of urea groups is 1. The summed E-state index contributed by atoms with van der Waals surface area (Å²) in [5.41, 5.74) is 9.42. The van der Waals surface area contributed by atoms with Crippen LogP contribution in [0.1, 0.15) is 15.9 Å². The summed E-state index contributed by atoms with van der Waals surface area (Å²) in [6.45, 7) is 0.896. The molecule has 0 atom stereocenters. The Bertz CT molecular complexity index is 1360. The highest BCUT2D eigenvalue weighted by molar-refractivity contribution is 6.07. The summed E-state index contributed by atoms with van der Waals surface area (Å²) < 4.78 is 19.8. The van der Waals surface area contributed by atoms with Crippen molar-refractivity contribution >= 4 is 29.0 Å². The number of carbonyl (C=O) groups is 2. The zero-order valence-corrected chi connectivity index (χ0v) is 18.9. The van der Waals surface area contributed by atoms with Crippen molar-refractivity contribution in [3.05, 3.63) is 78.0 Å². The third kappa shape index (κ3) is 5.53. The Morgan fingerprint density at radius 2 is 1.94 bits per heavy atom. The fraction of sp³-hybridized carbons (Fsp3) is 0.167. The number of fused-ring (bicyclic) bond motifs is 1. The summed E-state index contributed by atoms with van der Waals surface area (Å²) in [5.74, 6) is -0.443. The van der Waals surface area contributed by atoms with Crippen LogP contribution in [0.15, 0.2) is 61.1 Å². The maximum atomic E-state index is 13.3. The molecular formula is C24H24FN7O3. The lowest BCUT2D eigenvalue weighted by Crippen LogP contribution is -2.28. The molecular weight excluding hydrogens is 453 g/mol. The van der Waals surface area contributed by atoms with E-state index in [2.05, 4.69) is 26.0 Å². The molecule has 0 aliphatic rings. The molecule has 2 aromatic carbocycles. The number of carbonyl (C=O) groups excluding carboxylic acids is 2. The molecule has 0 aliphatic carbocycles. The van der Waals surface area contributed by atoms with Crippen molar-refractivity contribution in [3.8, 4) is 11.1 Å². The van der Waals surface area contributed by atoms with Gasteiger partial charge in [0.25, 0.3) is 5.91 Å². The average Bonchev–Trinajstić information content (AvgIpc) is 3.25. The maximum Gasteiger partial charge on any atom is 0.319 e. The number of hydrogen-bond donors (Lipinski definition) is 4. The third-order valence-electron chi connectivity index (χ3n) is 5.21. The molecule has 0 saturated carbocycles. The van der Waals surface area contributed by atoms with Gasteiger partial charge in [0.1, 0.15) is 17.7 Å². The molecule has 0 bridgehead atoms. The quantitative estimate of drug-likeness (QED) is 0.288. The lowest BCUT2D eigenvalue weighted by atomic mass is 10.0. The van der Waals surface area contributed by atoms with Gasteiger partial charge in [-0.05, 0) is 35.4 Å². The zero-order valence-electron chi connectivity index (χ0n) is 18.9. The van der Waals surface area contributed by atoms with Crippen LogP contribution in [0, 0.1) is 5.82 Å². The maximum absolute atomic E-state index is 13.3. The predicted molar refractivity (Wildman–Crippen MR) is 129 cm³/mol. The van der Waals surface area contributed by atoms with Gasteiger partial charge in [0.15, 0.2) is 5.82 Å². The molecule has 0 saturated heterocycles. The van der Waals surface area contributed by atoms with Crippen LogP contribution in [-0.2, 0) is 11.3 Å². The second kappa shape index (κ2) is 10.6. The highest BCUT2D eigenvalue weighted by atomic mass is 19.1. The number of amides is 3. The largest absolute Gasteiger partial charge is 0.383 e. The predicted octanol–water partition coefficient (Wildman–Crippen LogP) is 2.82. The number of nitrogens with zero attached hydrogens (tertiary/aromatic N) is 3. The van der Waals surface area contributed by atoms with E-state index >= 15 is 0 Å². The van der Waals surface area contributed by atoms with Crippen molar-refractivity contribution in [3.63, 3.8) is 0 Å². The van der Waals surface area contributed by atoms with E-state index in [1.165, 1.54) is 23.0 Å². The van der Waals surface area contributed by atoms with Gasteiger partial charge >= 0.3 is 6.03 Å². The van der Waals surface area contributed by atoms with Crippen LogP contribution in [0.2, 0.25) is 0 Å². The molecule has 5 N–H and O–H groups in total. The number of rotatable bonds is 8. The standard InChI is InChI=1S/C24H24FN7O3/c1-35-10-9-27-23(33)19-13-32-21(22(26)29-14-30-32)20(19)16-5-7-18(8-6-16)31-24(34)28-12-15-3-2-4-17(25)11-15/h2-8,11,13-14H,9-10,12H2,1H3,(H,27,33)(H2,26,29,30)(H2,28,31,34). The van der Waals surface area contributed by atoms with Crippen molar-refractivity contribution in [2.45, 2.75) is 6.54 Å². The number of methoxy groups -OCH3 is 1. The summed E-state index contributed by atoms with van der Waals surface area (Å²) in [6.07, 6.45) is 2.91. The van der Waals surface area contributed by atoms with E-state index in [1.807, 2.05) is 0 Å². The minimum atomic E-state index is -0.438. The molecule has 11 heteroatoms. The molecule has 2 aromatic heterocycles. The van der Waals surface area contributed by atoms with Crippen molar-refractivity contribution in [2.75, 3.05) is 31.3 Å². The first-order chi connectivity index (χ1) is 17.0. The van der Waals surface area contributed by atoms with E-state index in [0.717, 1.165) is 0 Å². The summed E-state index contributed by atoms with van der Waals surface area (Å²) in [6, 6.07) is 12.5. The Morgan fingerprint density at radius 3 is 2.69 bits per heavy atom. The Kier molecular flexibility index (Phi) is 7.17. The lowest BCUT2D eigenvalue weighted by molar-refractivity contribution is 0.0937. The minimum absolute atomic E-state index is 0.180. The van der Waals surface area contributed by atoms with Gasteiger partial charge in [0.05, 0.1) is 12.2 Å². The fourth-order valence-corrected chi connectivity index (χ4v) is 3.59. The van der Waals surface area contributed by atoms with Gasteiger partial charge in [-0.1, -0.05) is 24.3 Å². The van der Waals surface area contributed by atoms with E-state index < -0.39 is 6.03 Å². The molecule has 0 fully saturated rings. The molecule has 3 amide bonds. The van der Waals surface area contributed by atoms with E-state index in [0.29, 0.717) is 46.6 Å². The molecule has 10 nitrogen and oxygen atoms in total. The molecule has 0 spiro atoms. The average molecular weight is 478 g/mol. The number of nitrogens with two attached hydrogens (primary N) is 1. The van der Waals surface area contributed by atoms with Gasteiger partial charge in [0, 0.05) is 37.6 Å². The SMILES string of the molecule is COCCNC(=O)c1cn2ncnc(N)c2c1-c1ccc(NC(=O)NCc2cccc(F)c2)cc1. The summed E-state index contributed by atoms with van der Waals surface area (Å²) in [7, 11) is 1.55. The van der Waals surface area contributed by atoms with Gasteiger partial charge in [-0.2, -0.15) is 5.10 Å². The molecule has 0 aliphatic heterocycles. The molecule has 0 unspecified atom stereocenters. The van der Waals surface area contributed by atoms with Gasteiger partial charge < -0.3 is 26.4 Å². The summed E-state index contributed by atoms with van der Waals surface area (Å²) >= 11 is 0. The number of anilines is 2. The van der Waals surface area contributed by atoms with Crippen LogP contribution >= 0.6 is 0 Å². The number of nitrogen functional groups attached to an aromatic ring is 1. The number of benzene rings is 2. The van der Waals surface area contributed by atoms with Crippen molar-refractivity contribution in [1.29, 1.82) is 0 Å². The topological polar surface area (TPSA) is 136 Å². The van der Waals surface area contributed by atoms with Gasteiger partial charge in [0.2, 0.25) is 0 Å². The molecule has 4 rings (SSSR count). The number of nitrogens with one attached hydrogen (secondary N) is 3. The molecule has 35 heavy (non-hydrogen) atoms. The minimum Gasteiger partial charge on any atom is -0.383 e. The van der Waals surface area contributed by atoms with E-state index in [1.54, 1.807) is 49.7 Å². The number of aromatic nitrogens is 3. The number of ether oxygens (including phenoxy) is 1. The second-order valence-corrected chi connectivity index (χ2v) is 7.62. The van der Waals surface area contributed by atoms with E-state index in [9.17, 15) is 14.0 Å². The van der Waals surface area contributed by atoms with Crippen molar-refractivity contribution in [2.24, 2.45) is 0 Å². The van der Waals surface area contributed by atoms with Crippen LogP contribution < -0.4 is 21.7 Å². The first-order valence-electron chi connectivity index (χ1n) is 10.7. The van der Waals surface area contributed by atoms with Crippen LogP contribution in [0.3, 0.4) is 0 Å². The second-order valence-electron chi connectivity index (χ2n) is 7.62. The van der Waals surface area contributed by atoms with Crippen LogP contribution in [0.4, 0.5) is 20.7 Å². The Balaban J connectivity index is 1.53. The van der Waals surface area contributed by atoms with Crippen LogP contribution in [0.25, 0.3) is 16.6 Å². The lowest BCUT2D eigenvalue weighted by Gasteiger charge is -2.10. The van der Waals surface area contributed by atoms with Crippen molar-refractivity contribution in [1.82, 2.24) is 25.2 Å². The molecule has 180 valence electrons. The highest BCUT2D eigenvalue weighted by Crippen LogP contribution is 2.33. The number of halogens is 1. The highest BCUT2D eigenvalue weighted by Gasteiger charge is 2.21. The first-order valence-corrected chi connectivity index (χ1v) is 10.7. The zero-order chi connectivity index (χ0) is 24.8. The van der Waals surface area contributed by atoms with Crippen LogP contribution in [0.5, 0.6) is 0 Å².